The Morgan fingerprint density at radius 3 is 2.47 bits per heavy atom. The molecular formula is C12H12BrF3S. The number of hydrogen-bond donors (Lipinski definition) is 0. The van der Waals surface area contributed by atoms with Crippen LogP contribution in [0.3, 0.4) is 0 Å². The third-order valence-corrected chi connectivity index (χ3v) is 4.68. The molecule has 0 nitrogen and oxygen atoms in total. The zero-order valence-corrected chi connectivity index (χ0v) is 11.6. The summed E-state index contributed by atoms with van der Waals surface area (Å²) < 4.78 is 39.1. The summed E-state index contributed by atoms with van der Waals surface area (Å²) in [5, 5.41) is 0.334. The lowest BCUT2D eigenvalue weighted by Crippen LogP contribution is -2.23. The summed E-state index contributed by atoms with van der Waals surface area (Å²) in [7, 11) is 0. The Hall–Kier alpha value is -0.160. The van der Waals surface area contributed by atoms with Gasteiger partial charge in [0.15, 0.2) is 0 Å². The van der Waals surface area contributed by atoms with Crippen molar-refractivity contribution in [2.75, 3.05) is 0 Å². The Morgan fingerprint density at radius 2 is 1.94 bits per heavy atom. The molecule has 1 fully saturated rings. The van der Waals surface area contributed by atoms with Gasteiger partial charge in [-0.25, -0.2) is 0 Å². The molecule has 0 bridgehead atoms. The predicted octanol–water partition coefficient (Wildman–Crippen LogP) is 5.36. The van der Waals surface area contributed by atoms with Crippen molar-refractivity contribution in [3.63, 3.8) is 0 Å². The van der Waals surface area contributed by atoms with Crippen LogP contribution in [0, 0.1) is 5.92 Å². The lowest BCUT2D eigenvalue weighted by atomic mass is 9.87. The van der Waals surface area contributed by atoms with Gasteiger partial charge in [0.05, 0.1) is 5.56 Å². The number of benzene rings is 1. The van der Waals surface area contributed by atoms with Crippen LogP contribution in [0.15, 0.2) is 27.6 Å². The summed E-state index contributed by atoms with van der Waals surface area (Å²) in [4.78, 5) is 0.337. The van der Waals surface area contributed by atoms with Gasteiger partial charge in [-0.3, -0.25) is 0 Å². The molecule has 17 heavy (non-hydrogen) atoms. The van der Waals surface area contributed by atoms with Gasteiger partial charge in [0.25, 0.3) is 0 Å². The average Bonchev–Trinajstić information content (AvgIpc) is 2.13. The molecule has 0 heterocycles. The quantitative estimate of drug-likeness (QED) is 0.705. The van der Waals surface area contributed by atoms with E-state index < -0.39 is 11.7 Å². The van der Waals surface area contributed by atoms with Crippen LogP contribution < -0.4 is 0 Å². The van der Waals surface area contributed by atoms with E-state index in [4.69, 9.17) is 0 Å². The van der Waals surface area contributed by atoms with Crippen molar-refractivity contribution in [3.8, 4) is 0 Å². The number of rotatable bonds is 2. The normalized spacial score (nSPS) is 24.5. The number of alkyl halides is 3. The van der Waals surface area contributed by atoms with Crippen LogP contribution in [0.1, 0.15) is 25.3 Å². The molecule has 0 aliphatic heterocycles. The first-order valence-electron chi connectivity index (χ1n) is 5.39. The first-order valence-corrected chi connectivity index (χ1v) is 7.07. The Bertz CT molecular complexity index is 411. The van der Waals surface area contributed by atoms with Gasteiger partial charge in [-0.1, -0.05) is 22.9 Å². The fourth-order valence-electron chi connectivity index (χ4n) is 1.93. The lowest BCUT2D eigenvalue weighted by molar-refractivity contribution is -0.139. The van der Waals surface area contributed by atoms with Crippen molar-refractivity contribution in [1.29, 1.82) is 0 Å². The van der Waals surface area contributed by atoms with Crippen LogP contribution >= 0.6 is 27.7 Å². The second kappa shape index (κ2) is 4.84. The highest BCUT2D eigenvalue weighted by Crippen LogP contribution is 2.45. The summed E-state index contributed by atoms with van der Waals surface area (Å²) in [6.45, 7) is 2.13. The van der Waals surface area contributed by atoms with E-state index in [-0.39, 0.29) is 0 Å². The van der Waals surface area contributed by atoms with Crippen molar-refractivity contribution in [2.24, 2.45) is 5.92 Å². The molecule has 5 heteroatoms. The van der Waals surface area contributed by atoms with Crippen LogP contribution in [-0.2, 0) is 6.18 Å². The van der Waals surface area contributed by atoms with Gasteiger partial charge in [-0.2, -0.15) is 13.2 Å². The summed E-state index contributed by atoms with van der Waals surface area (Å²) in [5.74, 6) is 0.647. The smallest absolute Gasteiger partial charge is 0.166 e. The molecule has 0 unspecified atom stereocenters. The van der Waals surface area contributed by atoms with Crippen molar-refractivity contribution in [3.05, 3.63) is 28.2 Å². The summed E-state index contributed by atoms with van der Waals surface area (Å²) >= 11 is 4.58. The molecule has 0 atom stereocenters. The highest BCUT2D eigenvalue weighted by Gasteiger charge is 2.35. The molecule has 0 N–H and O–H groups in total. The minimum atomic E-state index is -4.27. The van der Waals surface area contributed by atoms with Gasteiger partial charge < -0.3 is 0 Å². The van der Waals surface area contributed by atoms with E-state index in [1.54, 1.807) is 6.07 Å². The first kappa shape index (κ1) is 13.3. The highest BCUT2D eigenvalue weighted by molar-refractivity contribution is 9.10. The predicted molar refractivity (Wildman–Crippen MR) is 67.2 cm³/mol. The molecule has 0 spiro atoms. The molecule has 1 aliphatic rings. The SMILES string of the molecule is CC1CC(Sc2cc(Br)ccc2C(F)(F)F)C1. The van der Waals surface area contributed by atoms with Gasteiger partial charge in [-0.15, -0.1) is 11.8 Å². The Morgan fingerprint density at radius 1 is 1.29 bits per heavy atom. The van der Waals surface area contributed by atoms with Crippen LogP contribution in [0.5, 0.6) is 0 Å². The van der Waals surface area contributed by atoms with E-state index in [9.17, 15) is 13.2 Å². The molecule has 1 saturated carbocycles. The van der Waals surface area contributed by atoms with Gasteiger partial charge in [0.2, 0.25) is 0 Å². The fraction of sp³-hybridized carbons (Fsp3) is 0.500. The molecule has 1 aromatic rings. The Balaban J connectivity index is 2.21. The van der Waals surface area contributed by atoms with E-state index >= 15 is 0 Å². The highest BCUT2D eigenvalue weighted by atomic mass is 79.9. The molecule has 0 saturated heterocycles. The second-order valence-corrected chi connectivity index (χ2v) is 6.71. The van der Waals surface area contributed by atoms with Crippen molar-refractivity contribution >= 4 is 27.7 Å². The van der Waals surface area contributed by atoms with Gasteiger partial charge in [-0.05, 0) is 37.0 Å². The Labute approximate surface area is 111 Å². The number of thioether (sulfide) groups is 1. The molecule has 94 valence electrons. The third-order valence-electron chi connectivity index (χ3n) is 2.87. The van der Waals surface area contributed by atoms with Gasteiger partial charge in [0, 0.05) is 14.6 Å². The fourth-order valence-corrected chi connectivity index (χ4v) is 4.16. The number of halogens is 4. The minimum Gasteiger partial charge on any atom is -0.166 e. The van der Waals surface area contributed by atoms with E-state index in [0.717, 1.165) is 18.9 Å². The zero-order valence-electron chi connectivity index (χ0n) is 9.22. The standard InChI is InChI=1S/C12H12BrF3S/c1-7-4-9(5-7)17-11-6-8(13)2-3-10(11)12(14,15)16/h2-3,6-7,9H,4-5H2,1H3. The zero-order chi connectivity index (χ0) is 12.6. The monoisotopic (exact) mass is 324 g/mol. The first-order chi connectivity index (χ1) is 7.86. The molecular weight excluding hydrogens is 313 g/mol. The molecule has 2 rings (SSSR count). The second-order valence-electron chi connectivity index (χ2n) is 4.45. The average molecular weight is 325 g/mol. The number of hydrogen-bond acceptors (Lipinski definition) is 1. The van der Waals surface area contributed by atoms with Crippen LogP contribution in [0.2, 0.25) is 0 Å². The van der Waals surface area contributed by atoms with Gasteiger partial charge >= 0.3 is 6.18 Å². The largest absolute Gasteiger partial charge is 0.417 e. The lowest BCUT2D eigenvalue weighted by Gasteiger charge is -2.32. The Kier molecular flexibility index (Phi) is 3.78. The van der Waals surface area contributed by atoms with Crippen molar-refractivity contribution in [1.82, 2.24) is 0 Å². The van der Waals surface area contributed by atoms with Crippen LogP contribution in [-0.4, -0.2) is 5.25 Å². The van der Waals surface area contributed by atoms with Crippen LogP contribution in [0.25, 0.3) is 0 Å². The molecule has 0 amide bonds. The van der Waals surface area contributed by atoms with Crippen LogP contribution in [0.4, 0.5) is 13.2 Å². The minimum absolute atomic E-state index is 0.334. The maximum absolute atomic E-state index is 12.8. The van der Waals surface area contributed by atoms with E-state index in [2.05, 4.69) is 22.9 Å². The third kappa shape index (κ3) is 3.19. The summed E-state index contributed by atoms with van der Waals surface area (Å²) in [6, 6.07) is 4.15. The van der Waals surface area contributed by atoms with E-state index in [1.807, 2.05) is 0 Å². The molecule has 1 aliphatic carbocycles. The topological polar surface area (TPSA) is 0 Å². The molecule has 1 aromatic carbocycles. The molecule has 0 aromatic heterocycles. The van der Waals surface area contributed by atoms with E-state index in [0.29, 0.717) is 20.5 Å². The maximum Gasteiger partial charge on any atom is 0.417 e. The maximum atomic E-state index is 12.8. The van der Waals surface area contributed by atoms with E-state index in [1.165, 1.54) is 17.8 Å². The summed E-state index contributed by atoms with van der Waals surface area (Å²) in [6.07, 6.45) is -2.25. The van der Waals surface area contributed by atoms with Crippen molar-refractivity contribution in [2.45, 2.75) is 36.1 Å². The molecule has 0 radical (unpaired) electrons. The summed E-state index contributed by atoms with van der Waals surface area (Å²) in [5.41, 5.74) is -0.523. The van der Waals surface area contributed by atoms with Crippen molar-refractivity contribution < 1.29 is 13.2 Å². The van der Waals surface area contributed by atoms with Gasteiger partial charge in [0.1, 0.15) is 0 Å².